The van der Waals surface area contributed by atoms with E-state index in [1.54, 1.807) is 0 Å². The second kappa shape index (κ2) is 5.05. The fraction of sp³-hybridized carbons (Fsp3) is 0.583. The van der Waals surface area contributed by atoms with E-state index >= 15 is 0 Å². The summed E-state index contributed by atoms with van der Waals surface area (Å²) in [4.78, 5) is 6.91. The molecule has 1 aliphatic heterocycles. The van der Waals surface area contributed by atoms with Gasteiger partial charge in [0.25, 0.3) is 0 Å². The molecule has 2 nitrogen and oxygen atoms in total. The third-order valence-corrected chi connectivity index (χ3v) is 4.22. The third kappa shape index (κ3) is 2.59. The molecule has 4 heteroatoms. The van der Waals surface area contributed by atoms with Gasteiger partial charge in [-0.1, -0.05) is 6.92 Å². The molecule has 2 unspecified atom stereocenters. The van der Waals surface area contributed by atoms with E-state index in [2.05, 4.69) is 61.7 Å². The number of hydrogen-bond donors (Lipinski definition) is 0. The van der Waals surface area contributed by atoms with Crippen molar-refractivity contribution in [2.24, 2.45) is 5.92 Å². The van der Waals surface area contributed by atoms with Gasteiger partial charge in [-0.3, -0.25) is 0 Å². The van der Waals surface area contributed by atoms with Crippen LogP contribution in [-0.4, -0.2) is 17.6 Å². The lowest BCUT2D eigenvalue weighted by Gasteiger charge is -2.37. The van der Waals surface area contributed by atoms with Crippen LogP contribution in [0.4, 0.5) is 5.82 Å². The average Bonchev–Trinajstić information content (AvgIpc) is 2.19. The molecule has 16 heavy (non-hydrogen) atoms. The maximum atomic E-state index is 4.51. The van der Waals surface area contributed by atoms with Gasteiger partial charge in [0, 0.05) is 23.3 Å². The van der Waals surface area contributed by atoms with Gasteiger partial charge in [0.2, 0.25) is 0 Å². The normalized spacial score (nSPS) is 25.9. The molecule has 0 N–H and O–H groups in total. The fourth-order valence-corrected chi connectivity index (χ4v) is 3.56. The second-order valence-corrected chi connectivity index (χ2v) is 6.40. The van der Waals surface area contributed by atoms with Crippen molar-refractivity contribution in [2.75, 3.05) is 11.4 Å². The van der Waals surface area contributed by atoms with Crippen LogP contribution in [-0.2, 0) is 0 Å². The monoisotopic (exact) mass is 346 g/mol. The van der Waals surface area contributed by atoms with Crippen molar-refractivity contribution in [3.05, 3.63) is 21.2 Å². The Morgan fingerprint density at radius 2 is 2.12 bits per heavy atom. The fourth-order valence-electron chi connectivity index (χ4n) is 2.34. The highest BCUT2D eigenvalue weighted by Gasteiger charge is 2.25. The van der Waals surface area contributed by atoms with Crippen molar-refractivity contribution in [2.45, 2.75) is 32.7 Å². The molecule has 1 aliphatic rings. The molecule has 0 radical (unpaired) electrons. The molecule has 2 atom stereocenters. The van der Waals surface area contributed by atoms with Crippen LogP contribution in [0, 0.1) is 5.92 Å². The van der Waals surface area contributed by atoms with Gasteiger partial charge >= 0.3 is 0 Å². The Bertz CT molecular complexity index is 381. The van der Waals surface area contributed by atoms with E-state index in [-0.39, 0.29) is 0 Å². The van der Waals surface area contributed by atoms with E-state index in [4.69, 9.17) is 0 Å². The Kier molecular flexibility index (Phi) is 3.90. The molecule has 1 fully saturated rings. The molecule has 2 heterocycles. The lowest BCUT2D eigenvalue weighted by Crippen LogP contribution is -2.40. The Morgan fingerprint density at radius 3 is 2.75 bits per heavy atom. The van der Waals surface area contributed by atoms with E-state index in [9.17, 15) is 0 Å². The number of piperidine rings is 1. The number of hydrogen-bond acceptors (Lipinski definition) is 2. The van der Waals surface area contributed by atoms with Crippen LogP contribution < -0.4 is 4.90 Å². The number of rotatable bonds is 1. The van der Waals surface area contributed by atoms with Crippen molar-refractivity contribution < 1.29 is 0 Å². The highest BCUT2D eigenvalue weighted by Crippen LogP contribution is 2.32. The maximum absolute atomic E-state index is 4.51. The summed E-state index contributed by atoms with van der Waals surface area (Å²) in [5.41, 5.74) is 0. The van der Waals surface area contributed by atoms with Crippen molar-refractivity contribution in [1.29, 1.82) is 0 Å². The van der Waals surface area contributed by atoms with Crippen LogP contribution >= 0.6 is 31.9 Å². The maximum Gasteiger partial charge on any atom is 0.143 e. The molecule has 0 amide bonds. The van der Waals surface area contributed by atoms with E-state index in [0.717, 1.165) is 27.2 Å². The highest BCUT2D eigenvalue weighted by atomic mass is 79.9. The molecule has 0 bridgehead atoms. The molecule has 1 aromatic rings. The predicted molar refractivity (Wildman–Crippen MR) is 74.8 cm³/mol. The first kappa shape index (κ1) is 12.4. The Labute approximate surface area is 114 Å². The average molecular weight is 348 g/mol. The number of anilines is 1. The van der Waals surface area contributed by atoms with E-state index < -0.39 is 0 Å². The summed E-state index contributed by atoms with van der Waals surface area (Å²) in [6.45, 7) is 5.72. The van der Waals surface area contributed by atoms with Crippen molar-refractivity contribution in [3.8, 4) is 0 Å². The van der Waals surface area contributed by atoms with E-state index in [0.29, 0.717) is 6.04 Å². The SMILES string of the molecule is CC1CCN(c2ncc(Br)cc2Br)C(C)C1. The van der Waals surface area contributed by atoms with Crippen molar-refractivity contribution >= 4 is 37.7 Å². The first-order valence-electron chi connectivity index (χ1n) is 5.65. The zero-order valence-corrected chi connectivity index (χ0v) is 12.8. The third-order valence-electron chi connectivity index (χ3n) is 3.20. The lowest BCUT2D eigenvalue weighted by molar-refractivity contribution is 0.375. The van der Waals surface area contributed by atoms with Gasteiger partial charge in [-0.15, -0.1) is 0 Å². The van der Waals surface area contributed by atoms with Crippen LogP contribution in [0.1, 0.15) is 26.7 Å². The summed E-state index contributed by atoms with van der Waals surface area (Å²) in [5, 5.41) is 0. The zero-order valence-electron chi connectivity index (χ0n) is 9.58. The van der Waals surface area contributed by atoms with Gasteiger partial charge in [0.05, 0.1) is 4.47 Å². The van der Waals surface area contributed by atoms with Gasteiger partial charge in [-0.2, -0.15) is 0 Å². The highest BCUT2D eigenvalue weighted by molar-refractivity contribution is 9.11. The predicted octanol–water partition coefficient (Wildman–Crippen LogP) is 4.23. The molecule has 88 valence electrons. The van der Waals surface area contributed by atoms with Crippen LogP contribution in [0.3, 0.4) is 0 Å². The molecule has 0 spiro atoms. The van der Waals surface area contributed by atoms with Crippen LogP contribution in [0.5, 0.6) is 0 Å². The van der Waals surface area contributed by atoms with Crippen LogP contribution in [0.2, 0.25) is 0 Å². The van der Waals surface area contributed by atoms with Gasteiger partial charge in [0.1, 0.15) is 5.82 Å². The second-order valence-electron chi connectivity index (χ2n) is 4.63. The van der Waals surface area contributed by atoms with Crippen LogP contribution in [0.15, 0.2) is 21.2 Å². The number of halogens is 2. The van der Waals surface area contributed by atoms with Gasteiger partial charge in [-0.25, -0.2) is 4.98 Å². The number of aromatic nitrogens is 1. The largest absolute Gasteiger partial charge is 0.353 e. The standard InChI is InChI=1S/C12H16Br2N2/c1-8-3-4-16(9(2)5-8)12-11(14)6-10(13)7-15-12/h6-9H,3-5H2,1-2H3. The summed E-state index contributed by atoms with van der Waals surface area (Å²) in [6.07, 6.45) is 4.38. The minimum atomic E-state index is 0.578. The molecule has 2 rings (SSSR count). The summed E-state index contributed by atoms with van der Waals surface area (Å²) < 4.78 is 2.09. The number of pyridine rings is 1. The molecule has 0 saturated carbocycles. The molecule has 1 aromatic heterocycles. The molecule has 0 aromatic carbocycles. The van der Waals surface area contributed by atoms with Gasteiger partial charge in [-0.05, 0) is 63.6 Å². The van der Waals surface area contributed by atoms with E-state index in [1.165, 1.54) is 12.8 Å². The Morgan fingerprint density at radius 1 is 1.38 bits per heavy atom. The Balaban J connectivity index is 2.23. The van der Waals surface area contributed by atoms with Crippen molar-refractivity contribution in [1.82, 2.24) is 4.98 Å². The minimum absolute atomic E-state index is 0.578. The molecule has 1 saturated heterocycles. The summed E-state index contributed by atoms with van der Waals surface area (Å²) in [7, 11) is 0. The molecule has 0 aliphatic carbocycles. The quantitative estimate of drug-likeness (QED) is 0.755. The topological polar surface area (TPSA) is 16.1 Å². The Hall–Kier alpha value is -0.0900. The lowest BCUT2D eigenvalue weighted by atomic mass is 9.93. The number of nitrogens with zero attached hydrogens (tertiary/aromatic N) is 2. The first-order chi connectivity index (χ1) is 7.58. The first-order valence-corrected chi connectivity index (χ1v) is 7.24. The van der Waals surface area contributed by atoms with Crippen LogP contribution in [0.25, 0.3) is 0 Å². The van der Waals surface area contributed by atoms with E-state index in [1.807, 2.05) is 6.20 Å². The summed E-state index contributed by atoms with van der Waals surface area (Å²) in [6, 6.07) is 2.64. The van der Waals surface area contributed by atoms with Gasteiger partial charge in [0.15, 0.2) is 0 Å². The van der Waals surface area contributed by atoms with Gasteiger partial charge < -0.3 is 4.90 Å². The summed E-state index contributed by atoms with van der Waals surface area (Å²) >= 11 is 7.03. The minimum Gasteiger partial charge on any atom is -0.353 e. The zero-order chi connectivity index (χ0) is 11.7. The summed E-state index contributed by atoms with van der Waals surface area (Å²) in [5.74, 6) is 1.91. The molecular formula is C12H16Br2N2. The molecular weight excluding hydrogens is 332 g/mol. The van der Waals surface area contributed by atoms with Crippen molar-refractivity contribution in [3.63, 3.8) is 0 Å². The smallest absolute Gasteiger partial charge is 0.143 e.